The highest BCUT2D eigenvalue weighted by atomic mass is 16.5. The van der Waals surface area contributed by atoms with Crippen LogP contribution in [0, 0.1) is 12.1 Å². The molecule has 0 aliphatic heterocycles. The van der Waals surface area contributed by atoms with E-state index in [0.717, 1.165) is 10.3 Å². The van der Waals surface area contributed by atoms with Crippen molar-refractivity contribution in [2.45, 2.75) is 6.92 Å². The topological polar surface area (TPSA) is 49.1 Å². The predicted molar refractivity (Wildman–Crippen MR) is 59.9 cm³/mol. The Morgan fingerprint density at radius 2 is 1.94 bits per heavy atom. The van der Waals surface area contributed by atoms with Gasteiger partial charge in [-0.15, -0.1) is 0 Å². The highest BCUT2D eigenvalue weighted by Gasteiger charge is 2.15. The van der Waals surface area contributed by atoms with Gasteiger partial charge in [0.15, 0.2) is 0 Å². The second-order valence-electron chi connectivity index (χ2n) is 3.41. The summed E-state index contributed by atoms with van der Waals surface area (Å²) < 4.78 is 5.72. The third-order valence-corrected chi connectivity index (χ3v) is 2.33. The molecule has 0 atom stereocenters. The van der Waals surface area contributed by atoms with Crippen LogP contribution in [0.3, 0.4) is 0 Å². The summed E-state index contributed by atoms with van der Waals surface area (Å²) in [5.74, 6) is 0.326. The number of hydrogen-bond acceptors (Lipinski definition) is 3. The van der Waals surface area contributed by atoms with Crippen molar-refractivity contribution >= 4 is 0 Å². The maximum atomic E-state index is 11.8. The second-order valence-corrected chi connectivity index (χ2v) is 3.41. The monoisotopic (exact) mass is 216 g/mol. The van der Waals surface area contributed by atoms with E-state index >= 15 is 0 Å². The molecule has 0 amide bonds. The quantitative estimate of drug-likeness (QED) is 0.567. The van der Waals surface area contributed by atoms with Crippen molar-refractivity contribution in [1.82, 2.24) is 4.98 Å². The average molecular weight is 216 g/mol. The lowest BCUT2D eigenvalue weighted by atomic mass is 10.1. The summed E-state index contributed by atoms with van der Waals surface area (Å²) in [6.07, 6.45) is 1.33. The van der Waals surface area contributed by atoms with Crippen LogP contribution in [-0.4, -0.2) is 12.1 Å². The first-order chi connectivity index (χ1) is 7.72. The fourth-order valence-electron chi connectivity index (χ4n) is 1.60. The van der Waals surface area contributed by atoms with E-state index in [1.807, 2.05) is 30.3 Å². The Bertz CT molecular complexity index is 475. The summed E-state index contributed by atoms with van der Waals surface area (Å²) in [4.78, 5) is 4.19. The number of aryl methyl sites for hydroxylation is 1. The summed E-state index contributed by atoms with van der Waals surface area (Å²) >= 11 is 0. The van der Waals surface area contributed by atoms with E-state index in [2.05, 4.69) is 4.98 Å². The van der Waals surface area contributed by atoms with Crippen LogP contribution >= 0.6 is 0 Å². The smallest absolute Gasteiger partial charge is 0.281 e. The number of hydrogen-bond donors (Lipinski definition) is 0. The molecule has 0 radical (unpaired) electrons. The molecule has 2 rings (SSSR count). The SMILES string of the molecule is COc1c[n+]([O-])c(-c2ccccc2)c(C)n1. The van der Waals surface area contributed by atoms with Crippen LogP contribution in [-0.2, 0) is 0 Å². The van der Waals surface area contributed by atoms with Gasteiger partial charge >= 0.3 is 0 Å². The van der Waals surface area contributed by atoms with Crippen molar-refractivity contribution in [2.24, 2.45) is 0 Å². The lowest BCUT2D eigenvalue weighted by molar-refractivity contribution is -0.595. The molecule has 1 aromatic carbocycles. The third kappa shape index (κ3) is 1.82. The molecule has 0 aliphatic carbocycles. The molecule has 0 saturated heterocycles. The third-order valence-electron chi connectivity index (χ3n) is 2.33. The highest BCUT2D eigenvalue weighted by molar-refractivity contribution is 5.58. The van der Waals surface area contributed by atoms with Crippen LogP contribution in [0.5, 0.6) is 5.88 Å². The van der Waals surface area contributed by atoms with Crippen LogP contribution < -0.4 is 9.47 Å². The van der Waals surface area contributed by atoms with Gasteiger partial charge in [0.05, 0.1) is 7.11 Å². The maximum Gasteiger partial charge on any atom is 0.281 e. The molecule has 0 fully saturated rings. The van der Waals surface area contributed by atoms with Crippen LogP contribution in [0.25, 0.3) is 11.3 Å². The summed E-state index contributed by atoms with van der Waals surface area (Å²) in [7, 11) is 1.49. The molecule has 1 heterocycles. The maximum absolute atomic E-state index is 11.8. The number of aromatic nitrogens is 2. The molecule has 0 N–H and O–H groups in total. The van der Waals surface area contributed by atoms with Gasteiger partial charge < -0.3 is 9.94 Å². The van der Waals surface area contributed by atoms with Crippen molar-refractivity contribution in [1.29, 1.82) is 0 Å². The Balaban J connectivity index is 2.58. The number of benzene rings is 1. The number of methoxy groups -OCH3 is 1. The first-order valence-electron chi connectivity index (χ1n) is 4.92. The molecular formula is C12H12N2O2. The van der Waals surface area contributed by atoms with Crippen LogP contribution in [0.15, 0.2) is 36.5 Å². The standard InChI is InChI=1S/C12H12N2O2/c1-9-12(10-6-4-3-5-7-10)14(15)8-11(13-9)16-2/h3-8H,1-2H3. The largest absolute Gasteiger partial charge is 0.618 e. The first-order valence-corrected chi connectivity index (χ1v) is 4.92. The van der Waals surface area contributed by atoms with Crippen molar-refractivity contribution in [3.05, 3.63) is 47.4 Å². The number of ether oxygens (including phenoxy) is 1. The van der Waals surface area contributed by atoms with Gasteiger partial charge in [-0.05, 0) is 19.1 Å². The van der Waals surface area contributed by atoms with Crippen LogP contribution in [0.4, 0.5) is 0 Å². The molecule has 82 valence electrons. The summed E-state index contributed by atoms with van der Waals surface area (Å²) in [5.41, 5.74) is 2.06. The molecule has 0 aliphatic rings. The number of nitrogens with zero attached hydrogens (tertiary/aromatic N) is 2. The van der Waals surface area contributed by atoms with Gasteiger partial charge in [0.25, 0.3) is 5.88 Å². The molecule has 4 nitrogen and oxygen atoms in total. The molecule has 2 aromatic rings. The van der Waals surface area contributed by atoms with E-state index in [1.54, 1.807) is 6.92 Å². The van der Waals surface area contributed by atoms with Crippen molar-refractivity contribution in [3.63, 3.8) is 0 Å². The average Bonchev–Trinajstić information content (AvgIpc) is 2.29. The van der Waals surface area contributed by atoms with E-state index < -0.39 is 0 Å². The Morgan fingerprint density at radius 1 is 1.25 bits per heavy atom. The lowest BCUT2D eigenvalue weighted by Crippen LogP contribution is -2.30. The zero-order valence-electron chi connectivity index (χ0n) is 9.18. The van der Waals surface area contributed by atoms with E-state index in [1.165, 1.54) is 13.3 Å². The molecule has 0 bridgehead atoms. The molecule has 0 spiro atoms. The van der Waals surface area contributed by atoms with Gasteiger partial charge in [-0.1, -0.05) is 18.2 Å². The van der Waals surface area contributed by atoms with Gasteiger partial charge in [-0.2, -0.15) is 4.73 Å². The number of rotatable bonds is 2. The predicted octanol–water partition coefficient (Wildman–Crippen LogP) is 1.70. The zero-order chi connectivity index (χ0) is 11.5. The highest BCUT2D eigenvalue weighted by Crippen LogP contribution is 2.19. The van der Waals surface area contributed by atoms with E-state index in [0.29, 0.717) is 17.3 Å². The Hall–Kier alpha value is -2.10. The molecule has 0 unspecified atom stereocenters. The summed E-state index contributed by atoms with van der Waals surface area (Å²) in [5, 5.41) is 11.8. The van der Waals surface area contributed by atoms with Crippen molar-refractivity contribution in [2.75, 3.05) is 7.11 Å². The van der Waals surface area contributed by atoms with E-state index in [4.69, 9.17) is 4.74 Å². The van der Waals surface area contributed by atoms with Gasteiger partial charge in [-0.25, -0.2) is 4.98 Å². The van der Waals surface area contributed by atoms with Gasteiger partial charge in [-0.3, -0.25) is 0 Å². The zero-order valence-corrected chi connectivity index (χ0v) is 9.18. The van der Waals surface area contributed by atoms with Gasteiger partial charge in [0, 0.05) is 5.56 Å². The molecule has 1 aromatic heterocycles. The van der Waals surface area contributed by atoms with Crippen LogP contribution in [0.2, 0.25) is 0 Å². The Morgan fingerprint density at radius 3 is 2.50 bits per heavy atom. The minimum Gasteiger partial charge on any atom is -0.618 e. The van der Waals surface area contributed by atoms with Gasteiger partial charge in [0.1, 0.15) is 5.69 Å². The lowest BCUT2D eigenvalue weighted by Gasteiger charge is -2.08. The first kappa shape index (κ1) is 10.4. The van der Waals surface area contributed by atoms with Crippen molar-refractivity contribution < 1.29 is 9.47 Å². The fourth-order valence-corrected chi connectivity index (χ4v) is 1.60. The van der Waals surface area contributed by atoms with E-state index in [-0.39, 0.29) is 0 Å². The summed E-state index contributed by atoms with van der Waals surface area (Å²) in [6, 6.07) is 9.44. The minimum atomic E-state index is 0.326. The van der Waals surface area contributed by atoms with Crippen LogP contribution in [0.1, 0.15) is 5.69 Å². The molecule has 0 saturated carbocycles. The Labute approximate surface area is 93.7 Å². The second kappa shape index (κ2) is 4.18. The fraction of sp³-hybridized carbons (Fsp3) is 0.167. The minimum absolute atomic E-state index is 0.326. The van der Waals surface area contributed by atoms with Gasteiger partial charge in [0.2, 0.25) is 11.9 Å². The normalized spacial score (nSPS) is 10.1. The molecular weight excluding hydrogens is 204 g/mol. The molecule has 4 heteroatoms. The molecule has 16 heavy (non-hydrogen) atoms. The summed E-state index contributed by atoms with van der Waals surface area (Å²) in [6.45, 7) is 1.79. The van der Waals surface area contributed by atoms with Crippen molar-refractivity contribution in [3.8, 4) is 17.1 Å². The Kier molecular flexibility index (Phi) is 2.72. The van der Waals surface area contributed by atoms with E-state index in [9.17, 15) is 5.21 Å².